The lowest BCUT2D eigenvalue weighted by molar-refractivity contribution is 0.432. The van der Waals surface area contributed by atoms with Crippen LogP contribution < -0.4 is 0 Å². The molecular formula is C40H60. The smallest absolute Gasteiger partial charge is 0.00610 e. The number of rotatable bonds is 8. The summed E-state index contributed by atoms with van der Waals surface area (Å²) < 4.78 is 0. The van der Waals surface area contributed by atoms with E-state index in [0.717, 1.165) is 17.3 Å². The van der Waals surface area contributed by atoms with Gasteiger partial charge >= 0.3 is 0 Å². The molecule has 4 rings (SSSR count). The van der Waals surface area contributed by atoms with E-state index in [0.29, 0.717) is 11.8 Å². The standard InChI is InChI=1S/C16H16.C11H16.C10H20.C3H8/c1-13(15-9-5-3-6-10-15)14(2)16-11-7-4-8-12-16;1-4-9(2)11-8-6-5-7-10(11)3;1-5-6-7-10(4)8(2)9(10)3;1-3-2/h3-12,14H,1H2,2H3;5-9H,4H2,1-3H3;8-9H,5-7H2,1-4H3;3H2,1-2H3. The summed E-state index contributed by atoms with van der Waals surface area (Å²) in [6.45, 7) is 26.8. The number of hydrogen-bond donors (Lipinski definition) is 0. The van der Waals surface area contributed by atoms with E-state index in [1.165, 1.54) is 59.9 Å². The van der Waals surface area contributed by atoms with Crippen LogP contribution in [-0.4, -0.2) is 0 Å². The van der Waals surface area contributed by atoms with Crippen LogP contribution in [0.25, 0.3) is 5.57 Å². The van der Waals surface area contributed by atoms with Crippen molar-refractivity contribution in [2.75, 3.05) is 0 Å². The van der Waals surface area contributed by atoms with Gasteiger partial charge in [-0.2, -0.15) is 0 Å². The number of benzene rings is 3. The van der Waals surface area contributed by atoms with Gasteiger partial charge in [-0.05, 0) is 70.8 Å². The van der Waals surface area contributed by atoms with Gasteiger partial charge in [-0.3, -0.25) is 0 Å². The number of aryl methyl sites for hydroxylation is 1. The summed E-state index contributed by atoms with van der Waals surface area (Å²) in [6.07, 6.45) is 6.71. The lowest BCUT2D eigenvalue weighted by atomic mass is 9.89. The molecule has 0 radical (unpaired) electrons. The molecule has 1 fully saturated rings. The van der Waals surface area contributed by atoms with Crippen LogP contribution in [0.4, 0.5) is 0 Å². The van der Waals surface area contributed by atoms with Crippen LogP contribution in [0, 0.1) is 24.2 Å². The van der Waals surface area contributed by atoms with Crippen molar-refractivity contribution in [3.63, 3.8) is 0 Å². The molecular weight excluding hydrogens is 480 g/mol. The molecule has 0 nitrogen and oxygen atoms in total. The van der Waals surface area contributed by atoms with E-state index in [-0.39, 0.29) is 0 Å². The van der Waals surface area contributed by atoms with Crippen molar-refractivity contribution in [1.29, 1.82) is 0 Å². The summed E-state index contributed by atoms with van der Waals surface area (Å²) in [5.74, 6) is 3.04. The van der Waals surface area contributed by atoms with E-state index in [9.17, 15) is 0 Å². The van der Waals surface area contributed by atoms with Crippen molar-refractivity contribution in [3.05, 3.63) is 114 Å². The van der Waals surface area contributed by atoms with Crippen molar-refractivity contribution in [1.82, 2.24) is 0 Å². The Morgan fingerprint density at radius 2 is 1.25 bits per heavy atom. The highest BCUT2D eigenvalue weighted by Crippen LogP contribution is 2.60. The molecule has 3 aromatic rings. The lowest BCUT2D eigenvalue weighted by Gasteiger charge is -2.15. The van der Waals surface area contributed by atoms with Gasteiger partial charge < -0.3 is 0 Å². The Morgan fingerprint density at radius 3 is 1.70 bits per heavy atom. The maximum atomic E-state index is 4.20. The van der Waals surface area contributed by atoms with Crippen molar-refractivity contribution < 1.29 is 0 Å². The van der Waals surface area contributed by atoms with Gasteiger partial charge in [0.2, 0.25) is 0 Å². The molecule has 0 aliphatic heterocycles. The zero-order valence-corrected chi connectivity index (χ0v) is 27.6. The second-order valence-electron chi connectivity index (χ2n) is 12.1. The summed E-state index contributed by atoms with van der Waals surface area (Å²) in [7, 11) is 0. The van der Waals surface area contributed by atoms with Crippen LogP contribution in [0.3, 0.4) is 0 Å². The van der Waals surface area contributed by atoms with E-state index < -0.39 is 0 Å². The third kappa shape index (κ3) is 11.1. The highest BCUT2D eigenvalue weighted by molar-refractivity contribution is 5.69. The third-order valence-electron chi connectivity index (χ3n) is 9.09. The van der Waals surface area contributed by atoms with Crippen LogP contribution in [0.15, 0.2) is 91.5 Å². The van der Waals surface area contributed by atoms with Gasteiger partial charge in [0.1, 0.15) is 0 Å². The first-order valence-electron chi connectivity index (χ1n) is 15.9. The number of unbranched alkanes of at least 4 members (excludes halogenated alkanes) is 1. The normalized spacial score (nSPS) is 20.2. The molecule has 3 aromatic carbocycles. The summed E-state index contributed by atoms with van der Waals surface area (Å²) in [5, 5.41) is 0. The maximum Gasteiger partial charge on any atom is 0.00610 e. The van der Waals surface area contributed by atoms with Gasteiger partial charge in [0.25, 0.3) is 0 Å². The number of hydrogen-bond acceptors (Lipinski definition) is 0. The van der Waals surface area contributed by atoms with E-state index in [4.69, 9.17) is 0 Å². The zero-order chi connectivity index (χ0) is 30.1. The van der Waals surface area contributed by atoms with Gasteiger partial charge in [0.15, 0.2) is 0 Å². The van der Waals surface area contributed by atoms with Crippen LogP contribution >= 0.6 is 0 Å². The summed E-state index contributed by atoms with van der Waals surface area (Å²) in [4.78, 5) is 0. The van der Waals surface area contributed by atoms with Gasteiger partial charge in [-0.15, -0.1) is 0 Å². The average molecular weight is 541 g/mol. The fourth-order valence-electron chi connectivity index (χ4n) is 5.29. The number of allylic oxidation sites excluding steroid dienone is 1. The third-order valence-corrected chi connectivity index (χ3v) is 9.09. The van der Waals surface area contributed by atoms with Crippen LogP contribution in [0.1, 0.15) is 129 Å². The Morgan fingerprint density at radius 1 is 0.775 bits per heavy atom. The monoisotopic (exact) mass is 540 g/mol. The Bertz CT molecular complexity index is 1050. The predicted octanol–water partition coefficient (Wildman–Crippen LogP) is 12.9. The molecule has 1 aliphatic rings. The van der Waals surface area contributed by atoms with E-state index in [1.807, 2.05) is 12.1 Å². The minimum Gasteiger partial charge on any atom is -0.0946 e. The van der Waals surface area contributed by atoms with E-state index in [1.54, 1.807) is 0 Å². The molecule has 0 N–H and O–H groups in total. The first-order valence-corrected chi connectivity index (χ1v) is 15.9. The molecule has 4 unspecified atom stereocenters. The summed E-state index contributed by atoms with van der Waals surface area (Å²) >= 11 is 0. The Kier molecular flexibility index (Phi) is 16.6. The van der Waals surface area contributed by atoms with Crippen molar-refractivity contribution >= 4 is 5.57 Å². The van der Waals surface area contributed by atoms with Crippen molar-refractivity contribution in [2.45, 2.75) is 113 Å². The molecule has 1 aliphatic carbocycles. The summed E-state index contributed by atoms with van der Waals surface area (Å²) in [5.41, 5.74) is 7.34. The molecule has 220 valence electrons. The molecule has 40 heavy (non-hydrogen) atoms. The molecule has 0 heteroatoms. The summed E-state index contributed by atoms with van der Waals surface area (Å²) in [6, 6.07) is 29.5. The first kappa shape index (κ1) is 35.4. The quantitative estimate of drug-likeness (QED) is 0.266. The van der Waals surface area contributed by atoms with Gasteiger partial charge in [0.05, 0.1) is 0 Å². The van der Waals surface area contributed by atoms with Crippen molar-refractivity contribution in [2.24, 2.45) is 17.3 Å². The lowest BCUT2D eigenvalue weighted by Crippen LogP contribution is -1.97. The molecule has 0 heterocycles. The van der Waals surface area contributed by atoms with E-state index in [2.05, 4.69) is 149 Å². The molecule has 1 saturated carbocycles. The van der Waals surface area contributed by atoms with Crippen LogP contribution in [0.5, 0.6) is 0 Å². The Labute approximate surface area is 249 Å². The molecule has 0 amide bonds. The van der Waals surface area contributed by atoms with Crippen molar-refractivity contribution in [3.8, 4) is 0 Å². The minimum absolute atomic E-state index is 0.364. The SMILES string of the molecule is C=C(c1ccccc1)C(C)c1ccccc1.CCC.CCC(C)c1ccccc1C.CCCCC1(C)C(C)C1C. The second-order valence-corrected chi connectivity index (χ2v) is 12.1. The van der Waals surface area contributed by atoms with Crippen LogP contribution in [-0.2, 0) is 0 Å². The largest absolute Gasteiger partial charge is 0.0946 e. The fraction of sp³-hybridized carbons (Fsp3) is 0.500. The molecule has 4 atom stereocenters. The molecule has 0 spiro atoms. The topological polar surface area (TPSA) is 0 Å². The highest BCUT2D eigenvalue weighted by atomic mass is 14.6. The van der Waals surface area contributed by atoms with Crippen LogP contribution in [0.2, 0.25) is 0 Å². The maximum absolute atomic E-state index is 4.20. The molecule has 0 saturated heterocycles. The minimum atomic E-state index is 0.364. The first-order chi connectivity index (χ1) is 19.1. The zero-order valence-electron chi connectivity index (χ0n) is 27.6. The van der Waals surface area contributed by atoms with Gasteiger partial charge in [-0.1, -0.05) is 173 Å². The molecule has 0 aromatic heterocycles. The van der Waals surface area contributed by atoms with Gasteiger partial charge in [0, 0.05) is 5.92 Å². The Hall–Kier alpha value is -2.60. The highest BCUT2D eigenvalue weighted by Gasteiger charge is 2.53. The predicted molar refractivity (Wildman–Crippen MR) is 182 cm³/mol. The average Bonchev–Trinajstić information content (AvgIpc) is 3.47. The fourth-order valence-corrected chi connectivity index (χ4v) is 5.29. The second kappa shape index (κ2) is 18.7. The molecule has 0 bridgehead atoms. The van der Waals surface area contributed by atoms with Gasteiger partial charge in [-0.25, -0.2) is 0 Å². The van der Waals surface area contributed by atoms with E-state index >= 15 is 0 Å². The Balaban J connectivity index is 0.000000295.